The number of quaternary nitrogens is 1. The second-order valence-corrected chi connectivity index (χ2v) is 5.26. The summed E-state index contributed by atoms with van der Waals surface area (Å²) >= 11 is 0. The summed E-state index contributed by atoms with van der Waals surface area (Å²) in [7, 11) is 0. The maximum absolute atomic E-state index is 11.7. The van der Waals surface area contributed by atoms with Gasteiger partial charge in [-0.1, -0.05) is 0 Å². The van der Waals surface area contributed by atoms with Crippen molar-refractivity contribution in [1.29, 1.82) is 0 Å². The number of rotatable bonds is 1. The van der Waals surface area contributed by atoms with Gasteiger partial charge in [0.05, 0.1) is 18.5 Å². The number of allylic oxidation sites excluding steroid dienone is 1. The second-order valence-electron chi connectivity index (χ2n) is 5.26. The lowest BCUT2D eigenvalue weighted by atomic mass is 9.90. The van der Waals surface area contributed by atoms with Gasteiger partial charge in [0, 0.05) is 12.5 Å². The molecule has 0 bridgehead atoms. The molecule has 7 heteroatoms. The number of nitrogens with one attached hydrogen (secondary N) is 1. The van der Waals surface area contributed by atoms with E-state index in [1.165, 1.54) is 0 Å². The molecule has 0 spiro atoms. The molecule has 2 saturated heterocycles. The van der Waals surface area contributed by atoms with Crippen molar-refractivity contribution in [2.45, 2.75) is 18.9 Å². The van der Waals surface area contributed by atoms with Crippen LogP contribution in [0.1, 0.15) is 12.8 Å². The van der Waals surface area contributed by atoms with E-state index in [1.807, 2.05) is 23.7 Å². The number of ether oxygens (including phenoxy) is 1. The number of piperidine rings is 1. The summed E-state index contributed by atoms with van der Waals surface area (Å²) in [6.45, 7) is 1.26. The maximum atomic E-state index is 11.7. The molecule has 1 unspecified atom stereocenters. The lowest BCUT2D eigenvalue weighted by Gasteiger charge is -2.32. The van der Waals surface area contributed by atoms with Gasteiger partial charge in [0.25, 0.3) is 0 Å². The third-order valence-corrected chi connectivity index (χ3v) is 4.20. The van der Waals surface area contributed by atoms with Gasteiger partial charge < -0.3 is 22.0 Å². The van der Waals surface area contributed by atoms with E-state index in [1.54, 1.807) is 6.20 Å². The number of carbonyl (C=O) groups excluding carboxylic acids is 1. The molecule has 2 fully saturated rings. The van der Waals surface area contributed by atoms with Gasteiger partial charge in [0.1, 0.15) is 18.5 Å². The number of nitrogens with zero attached hydrogens (tertiary/aromatic N) is 3. The van der Waals surface area contributed by atoms with E-state index in [4.69, 9.17) is 4.74 Å². The predicted molar refractivity (Wildman–Crippen MR) is 68.7 cm³/mol. The van der Waals surface area contributed by atoms with Crippen LogP contribution < -0.4 is 17.3 Å². The molecular formula is C13H15ClN4O2. The number of cyclic esters (lactones) is 1. The van der Waals surface area contributed by atoms with Crippen molar-refractivity contribution in [2.24, 2.45) is 15.9 Å². The minimum Gasteiger partial charge on any atom is -1.00 e. The Bertz CT molecular complexity index is 555. The van der Waals surface area contributed by atoms with E-state index in [0.29, 0.717) is 19.1 Å². The zero-order chi connectivity index (χ0) is 12.8. The third-order valence-electron chi connectivity index (χ3n) is 4.20. The summed E-state index contributed by atoms with van der Waals surface area (Å²) in [4.78, 5) is 23.3. The number of carbonyl (C=O) groups is 1. The van der Waals surface area contributed by atoms with Crippen LogP contribution in [0.5, 0.6) is 0 Å². The Kier molecular flexibility index (Phi) is 3.35. The van der Waals surface area contributed by atoms with Gasteiger partial charge in [-0.3, -0.25) is 4.99 Å². The summed E-state index contributed by atoms with van der Waals surface area (Å²) in [5, 5.41) is 0. The molecule has 106 valence electrons. The molecule has 1 amide bonds. The van der Waals surface area contributed by atoms with Crippen LogP contribution in [0.15, 0.2) is 33.8 Å². The van der Waals surface area contributed by atoms with Gasteiger partial charge in [-0.2, -0.15) is 0 Å². The van der Waals surface area contributed by atoms with E-state index >= 15 is 0 Å². The standard InChI is InChI=1S/C13H14N4O2.ClH/c18-13-17-6-9(1-2-10(17)7-19-13)12-11-5-14-3-4-16(11)8-15-12;/h3-5,8-10H,1-2,6-7H2;1H/t9-,10+;/m1./s1. The highest BCUT2D eigenvalue weighted by molar-refractivity contribution is 5.82. The maximum Gasteiger partial charge on any atom is 0.410 e. The Hall–Kier alpha value is -1.66. The highest BCUT2D eigenvalue weighted by Crippen LogP contribution is 2.32. The molecular weight excluding hydrogens is 280 g/mol. The molecule has 0 aliphatic carbocycles. The van der Waals surface area contributed by atoms with Crippen LogP contribution in [0.25, 0.3) is 0 Å². The van der Waals surface area contributed by atoms with Crippen molar-refractivity contribution in [1.82, 2.24) is 4.90 Å². The van der Waals surface area contributed by atoms with Crippen LogP contribution in [0.3, 0.4) is 0 Å². The summed E-state index contributed by atoms with van der Waals surface area (Å²) in [6.07, 6.45) is 9.38. The van der Waals surface area contributed by atoms with Gasteiger partial charge in [0.15, 0.2) is 12.0 Å². The van der Waals surface area contributed by atoms with Crippen molar-refractivity contribution in [2.75, 3.05) is 13.2 Å². The van der Waals surface area contributed by atoms with Crippen molar-refractivity contribution < 1.29 is 26.8 Å². The molecule has 1 N–H and O–H groups in total. The van der Waals surface area contributed by atoms with E-state index in [-0.39, 0.29) is 24.5 Å². The van der Waals surface area contributed by atoms with E-state index in [9.17, 15) is 4.79 Å². The van der Waals surface area contributed by atoms with Crippen molar-refractivity contribution in [3.05, 3.63) is 23.8 Å². The van der Waals surface area contributed by atoms with Crippen LogP contribution >= 0.6 is 0 Å². The Morgan fingerprint density at radius 3 is 3.20 bits per heavy atom. The first kappa shape index (κ1) is 13.3. The first-order chi connectivity index (χ1) is 9.33. The largest absolute Gasteiger partial charge is 1.00 e. The SMILES string of the molecule is O=C1OC[C@@H]2CC[C@@H](C3=C4C=NC=C[NH+]4C=N3)CN12.[Cl-]. The van der Waals surface area contributed by atoms with Gasteiger partial charge in [-0.25, -0.2) is 14.7 Å². The average Bonchev–Trinajstić information content (AvgIpc) is 3.03. The molecule has 0 radical (unpaired) electrons. The minimum atomic E-state index is -0.177. The minimum absolute atomic E-state index is 0. The van der Waals surface area contributed by atoms with Crippen molar-refractivity contribution in [3.63, 3.8) is 0 Å². The van der Waals surface area contributed by atoms with Crippen LogP contribution in [-0.4, -0.2) is 42.7 Å². The molecule has 6 nitrogen and oxygen atoms in total. The van der Waals surface area contributed by atoms with Crippen molar-refractivity contribution >= 4 is 18.6 Å². The van der Waals surface area contributed by atoms with E-state index in [0.717, 1.165) is 29.1 Å². The first-order valence-electron chi connectivity index (χ1n) is 6.61. The fraction of sp³-hybridized carbons (Fsp3) is 0.462. The van der Waals surface area contributed by atoms with Crippen LogP contribution in [-0.2, 0) is 4.74 Å². The van der Waals surface area contributed by atoms with Crippen molar-refractivity contribution in [3.8, 4) is 0 Å². The molecule has 0 aromatic rings. The molecule has 4 aliphatic rings. The summed E-state index contributed by atoms with van der Waals surface area (Å²) < 4.78 is 5.11. The number of hydrogen-bond acceptors (Lipinski definition) is 4. The smallest absolute Gasteiger partial charge is 0.410 e. The molecule has 4 aliphatic heterocycles. The average molecular weight is 295 g/mol. The van der Waals surface area contributed by atoms with E-state index in [2.05, 4.69) is 9.98 Å². The molecule has 3 atom stereocenters. The number of aliphatic imine (C=N–C) groups is 2. The number of halogens is 1. The third kappa shape index (κ3) is 1.96. The van der Waals surface area contributed by atoms with Gasteiger partial charge >= 0.3 is 6.09 Å². The Labute approximate surface area is 122 Å². The lowest BCUT2D eigenvalue weighted by Crippen LogP contribution is -3.04. The zero-order valence-electron chi connectivity index (χ0n) is 10.8. The molecule has 0 aromatic heterocycles. The summed E-state index contributed by atoms with van der Waals surface area (Å²) in [5.74, 6) is 0.295. The normalized spacial score (nSPS) is 33.9. The number of fused-ring (bicyclic) bond motifs is 2. The summed E-state index contributed by atoms with van der Waals surface area (Å²) in [6, 6.07) is 0.267. The summed E-state index contributed by atoms with van der Waals surface area (Å²) in [5.41, 5.74) is 2.18. The molecule has 20 heavy (non-hydrogen) atoms. The molecule has 4 heterocycles. The Balaban J connectivity index is 0.00000121. The second kappa shape index (κ2) is 5.03. The van der Waals surface area contributed by atoms with Crippen LogP contribution in [0, 0.1) is 5.92 Å². The fourth-order valence-electron chi connectivity index (χ4n) is 3.16. The molecule has 0 saturated carbocycles. The Morgan fingerprint density at radius 2 is 2.30 bits per heavy atom. The quantitative estimate of drug-likeness (QED) is 0.557. The fourth-order valence-corrected chi connectivity index (χ4v) is 3.16. The molecule has 4 rings (SSSR count). The first-order valence-corrected chi connectivity index (χ1v) is 6.61. The van der Waals surface area contributed by atoms with Gasteiger partial charge in [-0.05, 0) is 12.8 Å². The van der Waals surface area contributed by atoms with Gasteiger partial charge in [-0.15, -0.1) is 0 Å². The predicted octanol–water partition coefficient (Wildman–Crippen LogP) is -3.08. The highest BCUT2D eigenvalue weighted by Gasteiger charge is 2.41. The Morgan fingerprint density at radius 1 is 1.40 bits per heavy atom. The number of hydrogen-bond donors (Lipinski definition) is 1. The van der Waals surface area contributed by atoms with E-state index < -0.39 is 0 Å². The van der Waals surface area contributed by atoms with Crippen LogP contribution in [0.2, 0.25) is 0 Å². The highest BCUT2D eigenvalue weighted by atomic mass is 35.5. The van der Waals surface area contributed by atoms with Gasteiger partial charge in [0.2, 0.25) is 0 Å². The monoisotopic (exact) mass is 294 g/mol. The zero-order valence-corrected chi connectivity index (χ0v) is 11.6. The lowest BCUT2D eigenvalue weighted by molar-refractivity contribution is -0.682. The van der Waals surface area contributed by atoms with Crippen LogP contribution in [0.4, 0.5) is 4.79 Å². The molecule has 0 aromatic carbocycles. The number of amides is 1. The topological polar surface area (TPSA) is 58.7 Å².